The third-order valence-corrected chi connectivity index (χ3v) is 1.05. The van der Waals surface area contributed by atoms with E-state index >= 15 is 0 Å². The molecule has 3 nitrogen and oxygen atoms in total. The number of nitrogens with zero attached hydrogens (tertiary/aromatic N) is 1. The lowest BCUT2D eigenvalue weighted by Crippen LogP contribution is -1.90. The minimum atomic E-state index is 0.250. The Morgan fingerprint density at radius 1 is 1.64 bits per heavy atom. The number of hydrogen-bond donors (Lipinski definition) is 2. The van der Waals surface area contributed by atoms with Gasteiger partial charge < -0.3 is 10.8 Å². The zero-order chi connectivity index (χ0) is 8.69. The van der Waals surface area contributed by atoms with Gasteiger partial charge in [-0.1, -0.05) is 6.07 Å². The summed E-state index contributed by atoms with van der Waals surface area (Å²) < 4.78 is 0. The van der Waals surface area contributed by atoms with Crippen molar-refractivity contribution < 1.29 is 5.11 Å². The van der Waals surface area contributed by atoms with Gasteiger partial charge in [0.25, 0.3) is 0 Å². The van der Waals surface area contributed by atoms with Crippen molar-refractivity contribution >= 4 is 5.82 Å². The molecule has 0 saturated carbocycles. The van der Waals surface area contributed by atoms with Crippen LogP contribution >= 0.6 is 0 Å². The first-order chi connectivity index (χ1) is 5.22. The number of anilines is 1. The lowest BCUT2D eigenvalue weighted by atomic mass is 10.3. The Morgan fingerprint density at radius 3 is 2.45 bits per heavy atom. The number of aliphatic hydroxyl groups is 1. The summed E-state index contributed by atoms with van der Waals surface area (Å²) in [5.41, 5.74) is 6.44. The molecule has 0 aromatic carbocycles. The normalized spacial score (nSPS) is 8.27. The van der Waals surface area contributed by atoms with Crippen LogP contribution in [0.2, 0.25) is 0 Å². The number of nitrogen functional groups attached to an aromatic ring is 1. The van der Waals surface area contributed by atoms with Crippen molar-refractivity contribution in [1.29, 1.82) is 0 Å². The van der Waals surface area contributed by atoms with E-state index in [0.717, 1.165) is 5.56 Å². The topological polar surface area (TPSA) is 59.1 Å². The molecule has 11 heavy (non-hydrogen) atoms. The number of nitrogens with two attached hydrogens (primary N) is 1. The van der Waals surface area contributed by atoms with Crippen molar-refractivity contribution in [2.24, 2.45) is 0 Å². The molecular weight excluding hydrogens is 140 g/mol. The maximum atomic E-state index is 7.57. The van der Waals surface area contributed by atoms with Gasteiger partial charge in [0, 0.05) is 12.8 Å². The second-order valence-electron chi connectivity index (χ2n) is 2.02. The molecule has 0 bridgehead atoms. The first-order valence-electron chi connectivity index (χ1n) is 3.50. The Bertz CT molecular complexity index is 180. The van der Waals surface area contributed by atoms with Crippen LogP contribution in [0, 0.1) is 6.92 Å². The standard InChI is InChI=1S/C6H8N2.C2H6O/c1-5-3-2-4-8-6(5)7;1-2-3/h2-4H,1H3,(H2,7,8);3H,2H2,1H3. The molecule has 1 aromatic heterocycles. The third-order valence-electron chi connectivity index (χ3n) is 1.05. The fourth-order valence-electron chi connectivity index (χ4n) is 0.498. The third kappa shape index (κ3) is 4.33. The first kappa shape index (κ1) is 9.91. The molecule has 0 fully saturated rings. The summed E-state index contributed by atoms with van der Waals surface area (Å²) in [6.45, 7) is 3.86. The highest BCUT2D eigenvalue weighted by molar-refractivity contribution is 5.36. The van der Waals surface area contributed by atoms with Crippen LogP contribution in [0.3, 0.4) is 0 Å². The molecular formula is C8H14N2O. The Balaban J connectivity index is 0.000000292. The van der Waals surface area contributed by atoms with Crippen molar-refractivity contribution in [2.45, 2.75) is 13.8 Å². The monoisotopic (exact) mass is 154 g/mol. The van der Waals surface area contributed by atoms with Crippen molar-refractivity contribution in [3.63, 3.8) is 0 Å². The van der Waals surface area contributed by atoms with E-state index in [4.69, 9.17) is 10.8 Å². The first-order valence-corrected chi connectivity index (χ1v) is 3.50. The van der Waals surface area contributed by atoms with Gasteiger partial charge in [0.15, 0.2) is 0 Å². The van der Waals surface area contributed by atoms with E-state index < -0.39 is 0 Å². The highest BCUT2D eigenvalue weighted by atomic mass is 16.2. The summed E-state index contributed by atoms with van der Waals surface area (Å²) >= 11 is 0. The van der Waals surface area contributed by atoms with Crippen LogP contribution < -0.4 is 5.73 Å². The van der Waals surface area contributed by atoms with Gasteiger partial charge in [-0.2, -0.15) is 0 Å². The molecule has 62 valence electrons. The molecule has 0 unspecified atom stereocenters. The summed E-state index contributed by atoms with van der Waals surface area (Å²) in [6.07, 6.45) is 1.68. The second kappa shape index (κ2) is 5.68. The number of hydrogen-bond acceptors (Lipinski definition) is 3. The fourth-order valence-corrected chi connectivity index (χ4v) is 0.498. The van der Waals surface area contributed by atoms with E-state index in [2.05, 4.69) is 4.98 Å². The van der Waals surface area contributed by atoms with Crippen LogP contribution in [-0.4, -0.2) is 16.7 Å². The molecule has 0 saturated heterocycles. The lowest BCUT2D eigenvalue weighted by molar-refractivity contribution is 0.318. The molecule has 0 spiro atoms. The van der Waals surface area contributed by atoms with Gasteiger partial charge in [-0.05, 0) is 25.5 Å². The molecule has 0 aliphatic heterocycles. The summed E-state index contributed by atoms with van der Waals surface area (Å²) in [5.74, 6) is 0.618. The van der Waals surface area contributed by atoms with Crippen LogP contribution in [-0.2, 0) is 0 Å². The van der Waals surface area contributed by atoms with Crippen LogP contribution in [0.15, 0.2) is 18.3 Å². The van der Waals surface area contributed by atoms with E-state index in [1.165, 1.54) is 0 Å². The van der Waals surface area contributed by atoms with Gasteiger partial charge in [-0.3, -0.25) is 0 Å². The van der Waals surface area contributed by atoms with E-state index in [0.29, 0.717) is 5.82 Å². The van der Waals surface area contributed by atoms with Crippen LogP contribution in [0.5, 0.6) is 0 Å². The van der Waals surface area contributed by atoms with Gasteiger partial charge in [0.05, 0.1) is 0 Å². The summed E-state index contributed by atoms with van der Waals surface area (Å²) in [7, 11) is 0. The van der Waals surface area contributed by atoms with Crippen LogP contribution in [0.25, 0.3) is 0 Å². The molecule has 0 atom stereocenters. The van der Waals surface area contributed by atoms with E-state index in [1.54, 1.807) is 13.1 Å². The minimum Gasteiger partial charge on any atom is -0.397 e. The molecule has 3 N–H and O–H groups in total. The highest BCUT2D eigenvalue weighted by Gasteiger charge is 1.86. The largest absolute Gasteiger partial charge is 0.397 e. The minimum absolute atomic E-state index is 0.250. The molecule has 1 aromatic rings. The van der Waals surface area contributed by atoms with E-state index in [1.807, 2.05) is 19.1 Å². The summed E-state index contributed by atoms with van der Waals surface area (Å²) in [4.78, 5) is 3.86. The molecule has 0 amide bonds. The van der Waals surface area contributed by atoms with Crippen LogP contribution in [0.4, 0.5) is 5.82 Å². The smallest absolute Gasteiger partial charge is 0.126 e. The highest BCUT2D eigenvalue weighted by Crippen LogP contribution is 2.01. The van der Waals surface area contributed by atoms with Crippen molar-refractivity contribution in [2.75, 3.05) is 12.3 Å². The zero-order valence-electron chi connectivity index (χ0n) is 6.91. The second-order valence-corrected chi connectivity index (χ2v) is 2.02. The summed E-state index contributed by atoms with van der Waals surface area (Å²) in [6, 6.07) is 3.80. The number of aryl methyl sites for hydroxylation is 1. The molecule has 1 rings (SSSR count). The molecule has 0 radical (unpaired) electrons. The van der Waals surface area contributed by atoms with Gasteiger partial charge in [0.1, 0.15) is 5.82 Å². The van der Waals surface area contributed by atoms with Gasteiger partial charge >= 0.3 is 0 Å². The average Bonchev–Trinajstić information content (AvgIpc) is 1.97. The van der Waals surface area contributed by atoms with Crippen molar-refractivity contribution in [3.05, 3.63) is 23.9 Å². The summed E-state index contributed by atoms with van der Waals surface area (Å²) in [5, 5.41) is 7.57. The van der Waals surface area contributed by atoms with Gasteiger partial charge in [-0.15, -0.1) is 0 Å². The maximum absolute atomic E-state index is 7.57. The Morgan fingerprint density at radius 2 is 2.18 bits per heavy atom. The predicted molar refractivity (Wildman–Crippen MR) is 46.1 cm³/mol. The Labute approximate surface area is 66.9 Å². The van der Waals surface area contributed by atoms with E-state index in [-0.39, 0.29) is 6.61 Å². The maximum Gasteiger partial charge on any atom is 0.126 e. The van der Waals surface area contributed by atoms with Crippen molar-refractivity contribution in [1.82, 2.24) is 4.98 Å². The zero-order valence-corrected chi connectivity index (χ0v) is 6.91. The van der Waals surface area contributed by atoms with Crippen LogP contribution in [0.1, 0.15) is 12.5 Å². The quantitative estimate of drug-likeness (QED) is 0.585. The van der Waals surface area contributed by atoms with Gasteiger partial charge in [-0.25, -0.2) is 4.98 Å². The number of pyridine rings is 1. The lowest BCUT2D eigenvalue weighted by Gasteiger charge is -1.92. The van der Waals surface area contributed by atoms with E-state index in [9.17, 15) is 0 Å². The van der Waals surface area contributed by atoms with Crippen molar-refractivity contribution in [3.8, 4) is 0 Å². The average molecular weight is 154 g/mol. The number of aromatic nitrogens is 1. The molecule has 0 aliphatic rings. The number of aliphatic hydroxyl groups excluding tert-OH is 1. The Hall–Kier alpha value is -1.09. The molecule has 1 heterocycles. The Kier molecular flexibility index (Phi) is 5.11. The fraction of sp³-hybridized carbons (Fsp3) is 0.375. The predicted octanol–water partition coefficient (Wildman–Crippen LogP) is 0.971. The molecule has 3 heteroatoms. The SMILES string of the molecule is CCO.Cc1cccnc1N. The number of rotatable bonds is 0. The molecule has 0 aliphatic carbocycles. The van der Waals surface area contributed by atoms with Gasteiger partial charge in [0.2, 0.25) is 0 Å².